The van der Waals surface area contributed by atoms with Gasteiger partial charge in [-0.05, 0) is 29.3 Å². The van der Waals surface area contributed by atoms with E-state index in [9.17, 15) is 19.8 Å². The summed E-state index contributed by atoms with van der Waals surface area (Å²) in [6.07, 6.45) is -2.92. The Morgan fingerprint density at radius 3 is 2.73 bits per heavy atom. The van der Waals surface area contributed by atoms with Crippen molar-refractivity contribution in [1.29, 1.82) is 0 Å². The molecule has 1 saturated heterocycles. The number of amides is 1. The summed E-state index contributed by atoms with van der Waals surface area (Å²) in [6.45, 7) is 1.37. The second-order valence-electron chi connectivity index (χ2n) is 7.97. The first-order valence-corrected chi connectivity index (χ1v) is 10.5. The highest BCUT2D eigenvalue weighted by Gasteiger charge is 2.45. The van der Waals surface area contributed by atoms with Gasteiger partial charge in [-0.2, -0.15) is 4.98 Å². The van der Waals surface area contributed by atoms with Gasteiger partial charge in [0.15, 0.2) is 6.23 Å². The number of carbonyl (C=O) groups excluding carboxylic acids is 1. The van der Waals surface area contributed by atoms with Gasteiger partial charge in [-0.25, -0.2) is 4.79 Å². The molecule has 4 rings (SSSR count). The number of hydrogen-bond acceptors (Lipinski definition) is 8. The fraction of sp³-hybridized carbons (Fsp3) is 0.348. The van der Waals surface area contributed by atoms with Crippen LogP contribution >= 0.6 is 0 Å². The van der Waals surface area contributed by atoms with Crippen LogP contribution in [-0.2, 0) is 9.47 Å². The van der Waals surface area contributed by atoms with Gasteiger partial charge in [-0.1, -0.05) is 36.4 Å². The lowest BCUT2D eigenvalue weighted by Crippen LogP contribution is -2.38. The number of aliphatic hydroxyl groups excluding tert-OH is 2. The first kappa shape index (κ1) is 22.9. The van der Waals surface area contributed by atoms with Crippen molar-refractivity contribution in [2.75, 3.05) is 19.5 Å². The van der Waals surface area contributed by atoms with Crippen LogP contribution in [-0.4, -0.2) is 57.7 Å². The van der Waals surface area contributed by atoms with E-state index in [0.29, 0.717) is 0 Å². The molecule has 0 spiro atoms. The number of fused-ring (bicyclic) bond motifs is 1. The lowest BCUT2D eigenvalue weighted by molar-refractivity contribution is -0.0625. The molecule has 33 heavy (non-hydrogen) atoms. The summed E-state index contributed by atoms with van der Waals surface area (Å²) in [4.78, 5) is 29.3. The molecule has 0 bridgehead atoms. The zero-order valence-electron chi connectivity index (χ0n) is 18.2. The largest absolute Gasteiger partial charge is 0.394 e. The summed E-state index contributed by atoms with van der Waals surface area (Å²) in [7, 11) is 1.35. The smallest absolute Gasteiger partial charge is 0.351 e. The van der Waals surface area contributed by atoms with E-state index in [1.165, 1.54) is 13.3 Å². The van der Waals surface area contributed by atoms with E-state index in [1.807, 2.05) is 49.4 Å². The zero-order chi connectivity index (χ0) is 23.7. The Bertz CT molecular complexity index is 1230. The van der Waals surface area contributed by atoms with Crippen LogP contribution in [0.5, 0.6) is 0 Å². The van der Waals surface area contributed by atoms with Crippen molar-refractivity contribution in [3.05, 3.63) is 70.3 Å². The minimum absolute atomic E-state index is 0.0253. The average Bonchev–Trinajstić information content (AvgIpc) is 3.13. The number of aromatic nitrogens is 2. The first-order chi connectivity index (χ1) is 15.8. The van der Waals surface area contributed by atoms with Crippen LogP contribution in [0.3, 0.4) is 0 Å². The van der Waals surface area contributed by atoms with E-state index >= 15 is 0 Å². The fourth-order valence-electron chi connectivity index (χ4n) is 4.02. The number of carbonyl (C=O) groups is 1. The minimum atomic E-state index is -1.17. The maximum absolute atomic E-state index is 13.0. The number of ether oxygens (including phenoxy) is 2. The van der Waals surface area contributed by atoms with Gasteiger partial charge in [-0.15, -0.1) is 0 Å². The van der Waals surface area contributed by atoms with Gasteiger partial charge in [0.1, 0.15) is 24.1 Å². The molecule has 1 aliphatic rings. The van der Waals surface area contributed by atoms with E-state index in [-0.39, 0.29) is 17.4 Å². The summed E-state index contributed by atoms with van der Waals surface area (Å²) >= 11 is 0. The highest BCUT2D eigenvalue weighted by Crippen LogP contribution is 2.30. The Morgan fingerprint density at radius 2 is 2.03 bits per heavy atom. The third-order valence-corrected chi connectivity index (χ3v) is 5.89. The Hall–Kier alpha value is -3.31. The SMILES string of the molecule is CO[C@@H]1[C@@H](O)[C@@H](CO)O[C@H]1n1cc(C(=O)NC(C)c2ccc3ccccc3c2)c(N)nc1=O. The number of hydrogen-bond donors (Lipinski definition) is 4. The topological polar surface area (TPSA) is 149 Å². The molecule has 2 heterocycles. The van der Waals surface area contributed by atoms with Crippen molar-refractivity contribution < 1.29 is 24.5 Å². The number of nitrogens with zero attached hydrogens (tertiary/aromatic N) is 2. The molecule has 1 unspecified atom stereocenters. The van der Waals surface area contributed by atoms with Gasteiger partial charge in [-0.3, -0.25) is 9.36 Å². The number of benzene rings is 2. The van der Waals surface area contributed by atoms with E-state index < -0.39 is 42.7 Å². The van der Waals surface area contributed by atoms with Crippen LogP contribution < -0.4 is 16.7 Å². The quantitative estimate of drug-likeness (QED) is 0.426. The average molecular weight is 454 g/mol. The van der Waals surface area contributed by atoms with Gasteiger partial charge in [0.25, 0.3) is 5.91 Å². The van der Waals surface area contributed by atoms with E-state index in [1.54, 1.807) is 0 Å². The molecule has 0 radical (unpaired) electrons. The van der Waals surface area contributed by atoms with Crippen molar-refractivity contribution in [2.45, 2.75) is 37.5 Å². The number of aliphatic hydroxyl groups is 2. The molecule has 10 nitrogen and oxygen atoms in total. The van der Waals surface area contributed by atoms with E-state index in [4.69, 9.17) is 15.2 Å². The summed E-state index contributed by atoms with van der Waals surface area (Å²) < 4.78 is 11.9. The highest BCUT2D eigenvalue weighted by molar-refractivity contribution is 5.98. The minimum Gasteiger partial charge on any atom is -0.394 e. The van der Waals surface area contributed by atoms with Crippen LogP contribution in [0.1, 0.15) is 35.1 Å². The van der Waals surface area contributed by atoms with Crippen molar-refractivity contribution in [3.8, 4) is 0 Å². The third-order valence-electron chi connectivity index (χ3n) is 5.89. The molecule has 2 aromatic carbocycles. The number of methoxy groups -OCH3 is 1. The molecule has 1 aliphatic heterocycles. The predicted molar refractivity (Wildman–Crippen MR) is 121 cm³/mol. The second kappa shape index (κ2) is 9.28. The van der Waals surface area contributed by atoms with Crippen LogP contribution in [0.15, 0.2) is 53.5 Å². The molecule has 5 atom stereocenters. The van der Waals surface area contributed by atoms with Crippen molar-refractivity contribution in [3.63, 3.8) is 0 Å². The Balaban J connectivity index is 1.60. The van der Waals surface area contributed by atoms with Gasteiger partial charge < -0.3 is 30.7 Å². The van der Waals surface area contributed by atoms with Gasteiger partial charge in [0, 0.05) is 13.3 Å². The summed E-state index contributed by atoms with van der Waals surface area (Å²) in [5.41, 5.74) is 5.98. The van der Waals surface area contributed by atoms with E-state index in [0.717, 1.165) is 20.9 Å². The number of anilines is 1. The third kappa shape index (κ3) is 4.33. The predicted octanol–water partition coefficient (Wildman–Crippen LogP) is 0.735. The van der Waals surface area contributed by atoms with Gasteiger partial charge >= 0.3 is 5.69 Å². The number of nitrogen functional groups attached to an aromatic ring is 1. The monoisotopic (exact) mass is 454 g/mol. The number of nitrogens with two attached hydrogens (primary N) is 1. The molecule has 174 valence electrons. The Labute approximate surface area is 189 Å². The van der Waals surface area contributed by atoms with Crippen LogP contribution in [0.2, 0.25) is 0 Å². The molecule has 0 aliphatic carbocycles. The maximum Gasteiger partial charge on any atom is 0.351 e. The van der Waals surface area contributed by atoms with Crippen molar-refractivity contribution in [2.24, 2.45) is 0 Å². The lowest BCUT2D eigenvalue weighted by atomic mass is 10.0. The molecule has 10 heteroatoms. The molecule has 1 amide bonds. The Morgan fingerprint density at radius 1 is 1.30 bits per heavy atom. The first-order valence-electron chi connectivity index (χ1n) is 10.5. The zero-order valence-corrected chi connectivity index (χ0v) is 18.2. The number of rotatable bonds is 6. The van der Waals surface area contributed by atoms with Crippen LogP contribution in [0, 0.1) is 0 Å². The summed E-state index contributed by atoms with van der Waals surface area (Å²) in [5.74, 6) is -0.758. The maximum atomic E-state index is 13.0. The Kier molecular flexibility index (Phi) is 6.43. The molecule has 3 aromatic rings. The fourth-order valence-corrected chi connectivity index (χ4v) is 4.02. The summed E-state index contributed by atoms with van der Waals surface area (Å²) in [6, 6.07) is 13.5. The van der Waals surface area contributed by atoms with Gasteiger partial charge in [0.2, 0.25) is 0 Å². The highest BCUT2D eigenvalue weighted by atomic mass is 16.6. The molecular formula is C23H26N4O6. The van der Waals surface area contributed by atoms with Gasteiger partial charge in [0.05, 0.1) is 18.2 Å². The normalized spacial score (nSPS) is 23.5. The standard InChI is InChI=1S/C23H26N4O6/c1-12(14-8-7-13-5-3-4-6-15(13)9-14)25-21(30)16-10-27(23(31)26-20(16)24)22-19(32-2)18(29)17(11-28)33-22/h3-10,12,17-19,22,28-29H,11H2,1-2H3,(H,25,30)(H2,24,26,31)/t12?,17-,18+,19-,22-/m1/s1. The molecular weight excluding hydrogens is 428 g/mol. The molecule has 5 N–H and O–H groups in total. The number of nitrogens with one attached hydrogen (secondary N) is 1. The van der Waals surface area contributed by atoms with E-state index in [2.05, 4.69) is 10.3 Å². The second-order valence-corrected chi connectivity index (χ2v) is 7.97. The molecule has 1 fully saturated rings. The lowest BCUT2D eigenvalue weighted by Gasteiger charge is -2.21. The molecule has 0 saturated carbocycles. The van der Waals surface area contributed by atoms with Crippen molar-refractivity contribution in [1.82, 2.24) is 14.9 Å². The molecule has 1 aromatic heterocycles. The van der Waals surface area contributed by atoms with Crippen molar-refractivity contribution >= 4 is 22.5 Å². The summed E-state index contributed by atoms with van der Waals surface area (Å²) in [5, 5.41) is 24.7. The van der Waals surface area contributed by atoms with Crippen LogP contribution in [0.25, 0.3) is 10.8 Å². The van der Waals surface area contributed by atoms with Crippen LogP contribution in [0.4, 0.5) is 5.82 Å².